The number of nitrogens with one attached hydrogen (secondary N) is 1. The van der Waals surface area contributed by atoms with Gasteiger partial charge in [-0.05, 0) is 18.1 Å². The van der Waals surface area contributed by atoms with Crippen LogP contribution in [0.4, 0.5) is 18.9 Å². The largest absolute Gasteiger partial charge is 0.433 e. The molecule has 0 saturated carbocycles. The first-order chi connectivity index (χ1) is 7.50. The van der Waals surface area contributed by atoms with E-state index in [-0.39, 0.29) is 6.04 Å². The molecular formula is C10H11F3N2O. The Bertz CT molecular complexity index is 392. The topological polar surface area (TPSA) is 34.1 Å². The molecule has 1 aromatic heterocycles. The fourth-order valence-electron chi connectivity index (χ4n) is 1.79. The molecule has 0 aliphatic carbocycles. The highest BCUT2D eigenvalue weighted by atomic mass is 19.4. The van der Waals surface area contributed by atoms with Gasteiger partial charge in [0.2, 0.25) is 0 Å². The van der Waals surface area contributed by atoms with E-state index < -0.39 is 11.9 Å². The number of nitrogens with zero attached hydrogens (tertiary/aromatic N) is 1. The molecule has 1 aromatic rings. The number of rotatable bonds is 2. The van der Waals surface area contributed by atoms with Crippen LogP contribution in [0.2, 0.25) is 0 Å². The summed E-state index contributed by atoms with van der Waals surface area (Å²) in [5, 5.41) is 3.06. The van der Waals surface area contributed by atoms with Crippen LogP contribution in [0.3, 0.4) is 0 Å². The molecule has 0 bridgehead atoms. The molecule has 1 aliphatic rings. The number of halogens is 3. The van der Waals surface area contributed by atoms with Gasteiger partial charge in [0.25, 0.3) is 0 Å². The Hall–Kier alpha value is -1.30. The molecule has 0 radical (unpaired) electrons. The molecule has 1 unspecified atom stereocenters. The highest BCUT2D eigenvalue weighted by Gasteiger charge is 2.34. The average Bonchev–Trinajstić information content (AvgIpc) is 2.57. The molecule has 0 spiro atoms. The monoisotopic (exact) mass is 232 g/mol. The van der Waals surface area contributed by atoms with Crippen LogP contribution < -0.4 is 5.32 Å². The van der Waals surface area contributed by atoms with Crippen LogP contribution in [-0.2, 0) is 17.3 Å². The molecule has 2 rings (SSSR count). The summed E-state index contributed by atoms with van der Waals surface area (Å²) in [6.45, 7) is 0.468. The Morgan fingerprint density at radius 3 is 2.94 bits per heavy atom. The lowest BCUT2D eigenvalue weighted by Gasteiger charge is -2.08. The zero-order chi connectivity index (χ0) is 11.8. The summed E-state index contributed by atoms with van der Waals surface area (Å²) in [6, 6.07) is 1.13. The Morgan fingerprint density at radius 1 is 1.56 bits per heavy atom. The molecule has 16 heavy (non-hydrogen) atoms. The van der Waals surface area contributed by atoms with Crippen molar-refractivity contribution in [3.05, 3.63) is 23.5 Å². The minimum atomic E-state index is -4.38. The highest BCUT2D eigenvalue weighted by Crippen LogP contribution is 2.32. The van der Waals surface area contributed by atoms with Gasteiger partial charge in [-0.3, -0.25) is 0 Å². The van der Waals surface area contributed by atoms with Crippen LogP contribution in [0.1, 0.15) is 11.3 Å². The first-order valence-corrected chi connectivity index (χ1v) is 4.82. The number of hydrogen-bond acceptors (Lipinski definition) is 3. The van der Waals surface area contributed by atoms with Crippen LogP contribution in [0.25, 0.3) is 0 Å². The maximum Gasteiger partial charge on any atom is 0.433 e. The maximum atomic E-state index is 12.4. The first-order valence-electron chi connectivity index (χ1n) is 4.82. The molecule has 2 heterocycles. The van der Waals surface area contributed by atoms with Crippen LogP contribution in [0, 0.1) is 0 Å². The summed E-state index contributed by atoms with van der Waals surface area (Å²) >= 11 is 0. The number of anilines is 1. The van der Waals surface area contributed by atoms with Crippen molar-refractivity contribution in [1.82, 2.24) is 4.98 Å². The first kappa shape index (κ1) is 11.2. The minimum Gasteiger partial charge on any atom is -0.383 e. The van der Waals surface area contributed by atoms with Crippen molar-refractivity contribution < 1.29 is 17.9 Å². The van der Waals surface area contributed by atoms with Crippen molar-refractivity contribution in [3.63, 3.8) is 0 Å². The van der Waals surface area contributed by atoms with Crippen molar-refractivity contribution in [2.75, 3.05) is 19.0 Å². The third kappa shape index (κ3) is 2.11. The predicted molar refractivity (Wildman–Crippen MR) is 52.2 cm³/mol. The van der Waals surface area contributed by atoms with Gasteiger partial charge in [0.05, 0.1) is 24.5 Å². The van der Waals surface area contributed by atoms with Crippen molar-refractivity contribution in [1.29, 1.82) is 0 Å². The Balaban J connectivity index is 2.21. The fraction of sp³-hybridized carbons (Fsp3) is 0.500. The molecule has 88 valence electrons. The molecule has 1 atom stereocenters. The normalized spacial score (nSPS) is 19.4. The summed E-state index contributed by atoms with van der Waals surface area (Å²) < 4.78 is 42.1. The molecule has 1 aliphatic heterocycles. The second kappa shape index (κ2) is 3.93. The molecule has 6 heteroatoms. The van der Waals surface area contributed by atoms with E-state index in [1.165, 1.54) is 6.20 Å². The zero-order valence-electron chi connectivity index (χ0n) is 8.64. The maximum absolute atomic E-state index is 12.4. The molecule has 0 amide bonds. The number of pyridine rings is 1. The van der Waals surface area contributed by atoms with E-state index in [0.717, 1.165) is 6.07 Å². The van der Waals surface area contributed by atoms with E-state index >= 15 is 0 Å². The van der Waals surface area contributed by atoms with Crippen molar-refractivity contribution in [2.45, 2.75) is 18.6 Å². The second-order valence-electron chi connectivity index (χ2n) is 3.73. The SMILES string of the molecule is COCC1Cc2cc(C(F)(F)F)ncc2N1. The summed E-state index contributed by atoms with van der Waals surface area (Å²) in [5.41, 5.74) is 0.463. The van der Waals surface area contributed by atoms with E-state index in [0.29, 0.717) is 24.3 Å². The Kier molecular flexibility index (Phi) is 2.75. The van der Waals surface area contributed by atoms with Gasteiger partial charge in [0, 0.05) is 7.11 Å². The van der Waals surface area contributed by atoms with E-state index in [1.54, 1.807) is 7.11 Å². The Morgan fingerprint density at radius 2 is 2.31 bits per heavy atom. The summed E-state index contributed by atoms with van der Waals surface area (Å²) in [5.74, 6) is 0. The number of methoxy groups -OCH3 is 1. The van der Waals surface area contributed by atoms with Gasteiger partial charge in [-0.2, -0.15) is 13.2 Å². The predicted octanol–water partition coefficient (Wildman–Crippen LogP) is 2.08. The van der Waals surface area contributed by atoms with E-state index in [9.17, 15) is 13.2 Å². The quantitative estimate of drug-likeness (QED) is 0.847. The minimum absolute atomic E-state index is 0.0327. The third-order valence-electron chi connectivity index (χ3n) is 2.47. The average molecular weight is 232 g/mol. The van der Waals surface area contributed by atoms with Crippen LogP contribution in [0.15, 0.2) is 12.3 Å². The fourth-order valence-corrected chi connectivity index (χ4v) is 1.79. The van der Waals surface area contributed by atoms with Crippen LogP contribution >= 0.6 is 0 Å². The number of fused-ring (bicyclic) bond motifs is 1. The highest BCUT2D eigenvalue weighted by molar-refractivity contribution is 5.56. The number of ether oxygens (including phenoxy) is 1. The van der Waals surface area contributed by atoms with Gasteiger partial charge in [0.1, 0.15) is 5.69 Å². The molecule has 0 saturated heterocycles. The lowest BCUT2D eigenvalue weighted by molar-refractivity contribution is -0.141. The smallest absolute Gasteiger partial charge is 0.383 e. The zero-order valence-corrected chi connectivity index (χ0v) is 8.64. The number of hydrogen-bond donors (Lipinski definition) is 1. The number of alkyl halides is 3. The van der Waals surface area contributed by atoms with Crippen LogP contribution in [-0.4, -0.2) is 24.7 Å². The molecule has 0 fully saturated rings. The van der Waals surface area contributed by atoms with Crippen molar-refractivity contribution >= 4 is 5.69 Å². The number of aromatic nitrogens is 1. The van der Waals surface area contributed by atoms with E-state index in [1.807, 2.05) is 0 Å². The lowest BCUT2D eigenvalue weighted by Crippen LogP contribution is -2.21. The van der Waals surface area contributed by atoms with E-state index in [2.05, 4.69) is 10.3 Å². The van der Waals surface area contributed by atoms with Gasteiger partial charge in [0.15, 0.2) is 0 Å². The van der Waals surface area contributed by atoms with Gasteiger partial charge in [-0.1, -0.05) is 0 Å². The molecule has 1 N–H and O–H groups in total. The standard InChI is InChI=1S/C10H11F3N2O/c1-16-5-7-2-6-3-9(10(11,12)13)14-4-8(6)15-7/h3-4,7,15H,2,5H2,1H3. The van der Waals surface area contributed by atoms with Gasteiger partial charge in [-0.25, -0.2) is 4.98 Å². The Labute approximate surface area is 90.6 Å². The van der Waals surface area contributed by atoms with Crippen molar-refractivity contribution in [3.8, 4) is 0 Å². The van der Waals surface area contributed by atoms with Gasteiger partial charge in [-0.15, -0.1) is 0 Å². The second-order valence-corrected chi connectivity index (χ2v) is 3.73. The van der Waals surface area contributed by atoms with Gasteiger partial charge >= 0.3 is 6.18 Å². The lowest BCUT2D eigenvalue weighted by atomic mass is 10.1. The van der Waals surface area contributed by atoms with Crippen LogP contribution in [0.5, 0.6) is 0 Å². The summed E-state index contributed by atoms with van der Waals surface area (Å²) in [7, 11) is 1.56. The molecular weight excluding hydrogens is 221 g/mol. The molecule has 0 aromatic carbocycles. The summed E-state index contributed by atoms with van der Waals surface area (Å²) in [4.78, 5) is 3.39. The van der Waals surface area contributed by atoms with Gasteiger partial charge < -0.3 is 10.1 Å². The van der Waals surface area contributed by atoms with Crippen molar-refractivity contribution in [2.24, 2.45) is 0 Å². The third-order valence-corrected chi connectivity index (χ3v) is 2.47. The van der Waals surface area contributed by atoms with E-state index in [4.69, 9.17) is 4.74 Å². The summed E-state index contributed by atoms with van der Waals surface area (Å²) in [6.07, 6.45) is -2.61. The molecule has 3 nitrogen and oxygen atoms in total.